The fourth-order valence-electron chi connectivity index (χ4n) is 2.90. The van der Waals surface area contributed by atoms with Gasteiger partial charge in [0, 0.05) is 25.4 Å². The zero-order valence-electron chi connectivity index (χ0n) is 13.6. The van der Waals surface area contributed by atoms with Crippen LogP contribution in [0.4, 0.5) is 0 Å². The van der Waals surface area contributed by atoms with E-state index < -0.39 is 0 Å². The van der Waals surface area contributed by atoms with Crippen molar-refractivity contribution in [1.82, 2.24) is 24.8 Å². The van der Waals surface area contributed by atoms with E-state index in [0.717, 1.165) is 24.2 Å². The van der Waals surface area contributed by atoms with Gasteiger partial charge in [0.1, 0.15) is 17.6 Å². The van der Waals surface area contributed by atoms with Crippen LogP contribution in [0.3, 0.4) is 0 Å². The predicted octanol–water partition coefficient (Wildman–Crippen LogP) is 1.48. The summed E-state index contributed by atoms with van der Waals surface area (Å²) in [5, 5.41) is 3.06. The van der Waals surface area contributed by atoms with Crippen LogP contribution < -0.4 is 5.32 Å². The number of amides is 1. The van der Waals surface area contributed by atoms with Crippen molar-refractivity contribution in [2.24, 2.45) is 7.05 Å². The average molecular weight is 315 g/mol. The number of hydrogen-bond donors (Lipinski definition) is 1. The Labute approximate surface area is 135 Å². The number of aromatic nitrogens is 4. The normalized spacial score (nSPS) is 21.2. The zero-order chi connectivity index (χ0) is 16.4. The quantitative estimate of drug-likeness (QED) is 0.927. The van der Waals surface area contributed by atoms with E-state index in [4.69, 9.17) is 4.74 Å². The monoisotopic (exact) mass is 315 g/mol. The lowest BCUT2D eigenvalue weighted by molar-refractivity contribution is -0.00305. The van der Waals surface area contributed by atoms with Crippen LogP contribution in [-0.2, 0) is 11.8 Å². The highest BCUT2D eigenvalue weighted by Crippen LogP contribution is 2.27. The highest BCUT2D eigenvalue weighted by molar-refractivity contribution is 5.92. The maximum absolute atomic E-state index is 12.4. The summed E-state index contributed by atoms with van der Waals surface area (Å²) < 4.78 is 7.77. The lowest BCUT2D eigenvalue weighted by Crippen LogP contribution is -2.40. The van der Waals surface area contributed by atoms with Gasteiger partial charge in [0.2, 0.25) is 0 Å². The maximum atomic E-state index is 12.4. The van der Waals surface area contributed by atoms with Gasteiger partial charge in [-0.05, 0) is 32.8 Å². The van der Waals surface area contributed by atoms with Crippen LogP contribution in [0.1, 0.15) is 46.6 Å². The van der Waals surface area contributed by atoms with Crippen molar-refractivity contribution in [3.8, 4) is 0 Å². The van der Waals surface area contributed by atoms with E-state index in [-0.39, 0.29) is 18.1 Å². The first kappa shape index (κ1) is 15.6. The Hall–Kier alpha value is -2.28. The Morgan fingerprint density at radius 1 is 1.39 bits per heavy atom. The number of carbonyl (C=O) groups is 1. The second kappa shape index (κ2) is 6.45. The molecule has 1 fully saturated rings. The molecule has 1 aliphatic rings. The summed E-state index contributed by atoms with van der Waals surface area (Å²) in [6.45, 7) is 4.26. The molecule has 7 heteroatoms. The second-order valence-electron chi connectivity index (χ2n) is 5.93. The Bertz CT molecular complexity index is 692. The van der Waals surface area contributed by atoms with Crippen molar-refractivity contribution >= 4 is 5.91 Å². The van der Waals surface area contributed by atoms with Gasteiger partial charge in [0.05, 0.1) is 18.2 Å². The van der Waals surface area contributed by atoms with Crippen LogP contribution in [0.25, 0.3) is 0 Å². The topological polar surface area (TPSA) is 81.9 Å². The molecule has 3 rings (SSSR count). The molecule has 2 unspecified atom stereocenters. The molecule has 2 atom stereocenters. The first-order valence-electron chi connectivity index (χ1n) is 7.74. The smallest absolute Gasteiger partial charge is 0.270 e. The number of carbonyl (C=O) groups excluding carboxylic acids is 1. The molecular weight excluding hydrogens is 294 g/mol. The summed E-state index contributed by atoms with van der Waals surface area (Å²) in [4.78, 5) is 25.0. The van der Waals surface area contributed by atoms with Crippen LogP contribution in [0.5, 0.6) is 0 Å². The zero-order valence-corrected chi connectivity index (χ0v) is 13.6. The number of ether oxygens (including phenoxy) is 1. The van der Waals surface area contributed by atoms with E-state index >= 15 is 0 Å². The molecule has 1 aliphatic heterocycles. The third-order valence-corrected chi connectivity index (χ3v) is 4.00. The lowest BCUT2D eigenvalue weighted by Gasteiger charge is -2.30. The van der Waals surface area contributed by atoms with E-state index in [1.54, 1.807) is 19.3 Å². The van der Waals surface area contributed by atoms with Crippen molar-refractivity contribution in [2.45, 2.75) is 38.8 Å². The molecule has 3 heterocycles. The first-order chi connectivity index (χ1) is 11.0. The molecule has 0 bridgehead atoms. The molecule has 1 amide bonds. The van der Waals surface area contributed by atoms with E-state index in [1.807, 2.05) is 24.7 Å². The van der Waals surface area contributed by atoms with Crippen LogP contribution in [0.2, 0.25) is 0 Å². The van der Waals surface area contributed by atoms with Gasteiger partial charge in [-0.3, -0.25) is 4.79 Å². The molecule has 1 N–H and O–H groups in total. The Morgan fingerprint density at radius 3 is 2.91 bits per heavy atom. The fourth-order valence-corrected chi connectivity index (χ4v) is 2.90. The SMILES string of the molecule is Cc1cc(C(=O)NC2CCOC(c3cncn3C)C2)nc(C)n1. The van der Waals surface area contributed by atoms with Gasteiger partial charge >= 0.3 is 0 Å². The highest BCUT2D eigenvalue weighted by atomic mass is 16.5. The van der Waals surface area contributed by atoms with Crippen LogP contribution in [-0.4, -0.2) is 38.1 Å². The van der Waals surface area contributed by atoms with Gasteiger partial charge in [-0.15, -0.1) is 0 Å². The molecule has 0 aliphatic carbocycles. The van der Waals surface area contributed by atoms with E-state index in [0.29, 0.717) is 18.1 Å². The summed E-state index contributed by atoms with van der Waals surface area (Å²) >= 11 is 0. The number of aryl methyl sites for hydroxylation is 3. The molecule has 122 valence electrons. The minimum absolute atomic E-state index is 0.0459. The molecule has 0 radical (unpaired) electrons. The Kier molecular flexibility index (Phi) is 4.38. The van der Waals surface area contributed by atoms with Gasteiger partial charge in [0.15, 0.2) is 0 Å². The number of hydrogen-bond acceptors (Lipinski definition) is 5. The van der Waals surface area contributed by atoms with Crippen LogP contribution in [0.15, 0.2) is 18.6 Å². The van der Waals surface area contributed by atoms with Gasteiger partial charge in [0.25, 0.3) is 5.91 Å². The van der Waals surface area contributed by atoms with Gasteiger partial charge in [-0.1, -0.05) is 0 Å². The standard InChI is InChI=1S/C16H21N5O2/c1-10-6-13(19-11(2)18-10)16(22)20-12-4-5-23-15(7-12)14-8-17-9-21(14)3/h6,8-9,12,15H,4-5,7H2,1-3H3,(H,20,22). The minimum atomic E-state index is -0.158. The van der Waals surface area contributed by atoms with Crippen LogP contribution in [0, 0.1) is 13.8 Å². The largest absolute Gasteiger partial charge is 0.372 e. The van der Waals surface area contributed by atoms with E-state index in [2.05, 4.69) is 20.3 Å². The highest BCUT2D eigenvalue weighted by Gasteiger charge is 2.27. The van der Waals surface area contributed by atoms with Crippen molar-refractivity contribution in [3.63, 3.8) is 0 Å². The molecule has 0 spiro atoms. The Morgan fingerprint density at radius 2 is 2.22 bits per heavy atom. The first-order valence-corrected chi connectivity index (χ1v) is 7.74. The third kappa shape index (κ3) is 3.56. The summed E-state index contributed by atoms with van der Waals surface area (Å²) in [6.07, 6.45) is 5.05. The van der Waals surface area contributed by atoms with Crippen molar-refractivity contribution in [3.05, 3.63) is 41.5 Å². The van der Waals surface area contributed by atoms with Gasteiger partial charge in [-0.2, -0.15) is 0 Å². The van der Waals surface area contributed by atoms with Crippen LogP contribution >= 0.6 is 0 Å². The minimum Gasteiger partial charge on any atom is -0.372 e. The summed E-state index contributed by atoms with van der Waals surface area (Å²) in [7, 11) is 1.94. The molecule has 1 saturated heterocycles. The molecule has 0 aromatic carbocycles. The third-order valence-electron chi connectivity index (χ3n) is 4.00. The molecule has 7 nitrogen and oxygen atoms in total. The fraction of sp³-hybridized carbons (Fsp3) is 0.500. The number of imidazole rings is 1. The Balaban J connectivity index is 1.67. The predicted molar refractivity (Wildman–Crippen MR) is 83.9 cm³/mol. The van der Waals surface area contributed by atoms with Crippen molar-refractivity contribution < 1.29 is 9.53 Å². The van der Waals surface area contributed by atoms with E-state index in [1.165, 1.54) is 0 Å². The molecular formula is C16H21N5O2. The lowest BCUT2D eigenvalue weighted by atomic mass is 10.0. The molecule has 0 saturated carbocycles. The second-order valence-corrected chi connectivity index (χ2v) is 5.93. The van der Waals surface area contributed by atoms with Crippen molar-refractivity contribution in [2.75, 3.05) is 6.61 Å². The number of nitrogens with one attached hydrogen (secondary N) is 1. The number of rotatable bonds is 3. The summed E-state index contributed by atoms with van der Waals surface area (Å²) in [6, 6.07) is 1.77. The maximum Gasteiger partial charge on any atom is 0.270 e. The molecule has 23 heavy (non-hydrogen) atoms. The molecule has 2 aromatic rings. The summed E-state index contributed by atoms with van der Waals surface area (Å²) in [5.74, 6) is 0.448. The van der Waals surface area contributed by atoms with Gasteiger partial charge in [-0.25, -0.2) is 15.0 Å². The molecule has 2 aromatic heterocycles. The summed E-state index contributed by atoms with van der Waals surface area (Å²) in [5.41, 5.74) is 2.23. The van der Waals surface area contributed by atoms with Crippen molar-refractivity contribution in [1.29, 1.82) is 0 Å². The average Bonchev–Trinajstić information content (AvgIpc) is 2.92. The van der Waals surface area contributed by atoms with E-state index in [9.17, 15) is 4.79 Å². The van der Waals surface area contributed by atoms with Gasteiger partial charge < -0.3 is 14.6 Å². The number of nitrogens with zero attached hydrogens (tertiary/aromatic N) is 4.